The van der Waals surface area contributed by atoms with Gasteiger partial charge in [-0.3, -0.25) is 4.98 Å². The minimum Gasteiger partial charge on any atom is -0.321 e. The summed E-state index contributed by atoms with van der Waals surface area (Å²) in [6.45, 7) is -0.559. The van der Waals surface area contributed by atoms with E-state index in [0.29, 0.717) is 5.69 Å². The van der Waals surface area contributed by atoms with Crippen molar-refractivity contribution in [2.45, 2.75) is 6.04 Å². The van der Waals surface area contributed by atoms with Gasteiger partial charge in [-0.2, -0.15) is 0 Å². The summed E-state index contributed by atoms with van der Waals surface area (Å²) in [6.07, 6.45) is 1.60. The van der Waals surface area contributed by atoms with Crippen molar-refractivity contribution < 1.29 is 4.39 Å². The van der Waals surface area contributed by atoms with Crippen LogP contribution >= 0.6 is 0 Å². The van der Waals surface area contributed by atoms with Gasteiger partial charge in [-0.15, -0.1) is 0 Å². The summed E-state index contributed by atoms with van der Waals surface area (Å²) < 4.78 is 11.9. The van der Waals surface area contributed by atoms with Crippen LogP contribution in [0.4, 0.5) is 4.39 Å². The van der Waals surface area contributed by atoms with E-state index in [1.807, 2.05) is 0 Å². The van der Waals surface area contributed by atoms with Gasteiger partial charge in [0, 0.05) is 6.20 Å². The van der Waals surface area contributed by atoms with E-state index < -0.39 is 12.7 Å². The van der Waals surface area contributed by atoms with Crippen LogP contribution in [0.1, 0.15) is 11.7 Å². The zero-order valence-corrected chi connectivity index (χ0v) is 5.50. The van der Waals surface area contributed by atoms with E-state index in [1.54, 1.807) is 24.4 Å². The molecule has 1 aromatic heterocycles. The van der Waals surface area contributed by atoms with Crippen LogP contribution in [0, 0.1) is 0 Å². The Morgan fingerprint density at radius 2 is 2.40 bits per heavy atom. The Morgan fingerprint density at radius 1 is 1.60 bits per heavy atom. The van der Waals surface area contributed by atoms with Gasteiger partial charge < -0.3 is 5.73 Å². The number of rotatable bonds is 2. The monoisotopic (exact) mass is 140 g/mol. The number of pyridine rings is 1. The molecule has 0 bridgehead atoms. The Bertz CT molecular complexity index is 188. The summed E-state index contributed by atoms with van der Waals surface area (Å²) in [6, 6.07) is 4.71. The van der Waals surface area contributed by atoms with Gasteiger partial charge in [0.05, 0.1) is 11.7 Å². The first-order chi connectivity index (χ1) is 4.84. The average molecular weight is 140 g/mol. The molecule has 1 aromatic rings. The van der Waals surface area contributed by atoms with Gasteiger partial charge in [0.2, 0.25) is 0 Å². The molecule has 54 valence electrons. The van der Waals surface area contributed by atoms with Crippen molar-refractivity contribution in [2.75, 3.05) is 6.67 Å². The first-order valence-corrected chi connectivity index (χ1v) is 3.07. The molecule has 0 aliphatic rings. The fourth-order valence-electron chi connectivity index (χ4n) is 0.674. The highest BCUT2D eigenvalue weighted by atomic mass is 19.1. The molecule has 0 radical (unpaired) electrons. The van der Waals surface area contributed by atoms with Crippen molar-refractivity contribution in [3.8, 4) is 0 Å². The van der Waals surface area contributed by atoms with E-state index in [4.69, 9.17) is 5.73 Å². The number of nitrogens with two attached hydrogens (primary N) is 1. The molecule has 0 aromatic carbocycles. The molecular weight excluding hydrogens is 131 g/mol. The SMILES string of the molecule is N[C@@H](CF)c1ccccn1. The van der Waals surface area contributed by atoms with Gasteiger partial charge in [0.25, 0.3) is 0 Å². The Kier molecular flexibility index (Phi) is 2.34. The number of aromatic nitrogens is 1. The third-order valence-corrected chi connectivity index (χ3v) is 1.23. The maximum atomic E-state index is 11.9. The topological polar surface area (TPSA) is 38.9 Å². The molecule has 0 saturated carbocycles. The molecular formula is C7H9FN2. The van der Waals surface area contributed by atoms with Crippen LogP contribution in [-0.2, 0) is 0 Å². The number of hydrogen-bond donors (Lipinski definition) is 1. The van der Waals surface area contributed by atoms with E-state index in [9.17, 15) is 4.39 Å². The molecule has 0 aliphatic carbocycles. The maximum Gasteiger partial charge on any atom is 0.110 e. The van der Waals surface area contributed by atoms with Crippen LogP contribution in [0.5, 0.6) is 0 Å². The van der Waals surface area contributed by atoms with Crippen molar-refractivity contribution in [1.82, 2.24) is 4.98 Å². The third-order valence-electron chi connectivity index (χ3n) is 1.23. The second kappa shape index (κ2) is 3.27. The quantitative estimate of drug-likeness (QED) is 0.666. The van der Waals surface area contributed by atoms with E-state index in [1.165, 1.54) is 0 Å². The summed E-state index contributed by atoms with van der Waals surface area (Å²) >= 11 is 0. The number of nitrogens with zero attached hydrogens (tertiary/aromatic N) is 1. The van der Waals surface area contributed by atoms with Gasteiger partial charge >= 0.3 is 0 Å². The summed E-state index contributed by atoms with van der Waals surface area (Å²) in [4.78, 5) is 3.88. The zero-order chi connectivity index (χ0) is 7.40. The van der Waals surface area contributed by atoms with Gasteiger partial charge in [0.15, 0.2) is 0 Å². The lowest BCUT2D eigenvalue weighted by Gasteiger charge is -2.03. The van der Waals surface area contributed by atoms with Crippen LogP contribution in [-0.4, -0.2) is 11.7 Å². The highest BCUT2D eigenvalue weighted by Gasteiger charge is 2.03. The maximum absolute atomic E-state index is 11.9. The Morgan fingerprint density at radius 3 is 2.90 bits per heavy atom. The fourth-order valence-corrected chi connectivity index (χ4v) is 0.674. The predicted molar refractivity (Wildman–Crippen MR) is 37.1 cm³/mol. The first kappa shape index (κ1) is 7.15. The molecule has 2 N–H and O–H groups in total. The lowest BCUT2D eigenvalue weighted by molar-refractivity contribution is 0.432. The first-order valence-electron chi connectivity index (χ1n) is 3.07. The Balaban J connectivity index is 2.75. The van der Waals surface area contributed by atoms with E-state index in [-0.39, 0.29) is 0 Å². The second-order valence-corrected chi connectivity index (χ2v) is 2.02. The Hall–Kier alpha value is -0.960. The fraction of sp³-hybridized carbons (Fsp3) is 0.286. The summed E-state index contributed by atoms with van der Waals surface area (Å²) in [5.41, 5.74) is 5.96. The molecule has 1 heterocycles. The lowest BCUT2D eigenvalue weighted by atomic mass is 10.2. The van der Waals surface area contributed by atoms with Crippen LogP contribution < -0.4 is 5.73 Å². The molecule has 3 heteroatoms. The van der Waals surface area contributed by atoms with Crippen molar-refractivity contribution in [2.24, 2.45) is 5.73 Å². The molecule has 1 atom stereocenters. The van der Waals surface area contributed by atoms with E-state index in [2.05, 4.69) is 4.98 Å². The third kappa shape index (κ3) is 1.51. The van der Waals surface area contributed by atoms with Crippen molar-refractivity contribution in [3.05, 3.63) is 30.1 Å². The molecule has 0 unspecified atom stereocenters. The molecule has 0 spiro atoms. The minimum atomic E-state index is -0.568. The second-order valence-electron chi connectivity index (χ2n) is 2.02. The van der Waals surface area contributed by atoms with Crippen molar-refractivity contribution in [1.29, 1.82) is 0 Å². The molecule has 2 nitrogen and oxygen atoms in total. The van der Waals surface area contributed by atoms with Gasteiger partial charge in [-0.25, -0.2) is 4.39 Å². The van der Waals surface area contributed by atoms with Crippen molar-refractivity contribution in [3.63, 3.8) is 0 Å². The predicted octanol–water partition coefficient (Wildman–Crippen LogP) is 1.05. The van der Waals surface area contributed by atoms with Crippen LogP contribution in [0.3, 0.4) is 0 Å². The highest BCUT2D eigenvalue weighted by Crippen LogP contribution is 2.04. The molecule has 10 heavy (non-hydrogen) atoms. The lowest BCUT2D eigenvalue weighted by Crippen LogP contribution is -2.13. The van der Waals surface area contributed by atoms with Gasteiger partial charge in [-0.1, -0.05) is 6.07 Å². The van der Waals surface area contributed by atoms with Crippen LogP contribution in [0.2, 0.25) is 0 Å². The standard InChI is InChI=1S/C7H9FN2/c8-5-6(9)7-3-1-2-4-10-7/h1-4,6H,5,9H2/t6-/m0/s1. The van der Waals surface area contributed by atoms with Crippen LogP contribution in [0.15, 0.2) is 24.4 Å². The smallest absolute Gasteiger partial charge is 0.110 e. The summed E-state index contributed by atoms with van der Waals surface area (Å²) in [5, 5.41) is 0. The summed E-state index contributed by atoms with van der Waals surface area (Å²) in [5.74, 6) is 0. The van der Waals surface area contributed by atoms with E-state index in [0.717, 1.165) is 0 Å². The van der Waals surface area contributed by atoms with Crippen LogP contribution in [0.25, 0.3) is 0 Å². The van der Waals surface area contributed by atoms with E-state index >= 15 is 0 Å². The van der Waals surface area contributed by atoms with Gasteiger partial charge in [0.1, 0.15) is 6.67 Å². The minimum absolute atomic E-state index is 0.559. The molecule has 0 aliphatic heterocycles. The largest absolute Gasteiger partial charge is 0.321 e. The normalized spacial score (nSPS) is 13.0. The zero-order valence-electron chi connectivity index (χ0n) is 5.50. The number of alkyl halides is 1. The Labute approximate surface area is 58.9 Å². The molecule has 1 rings (SSSR count). The number of hydrogen-bond acceptors (Lipinski definition) is 2. The molecule has 0 fully saturated rings. The summed E-state index contributed by atoms with van der Waals surface area (Å²) in [7, 11) is 0. The molecule has 0 amide bonds. The molecule has 0 saturated heterocycles. The number of halogens is 1. The van der Waals surface area contributed by atoms with Crippen molar-refractivity contribution >= 4 is 0 Å². The average Bonchev–Trinajstić information content (AvgIpc) is 2.05. The van der Waals surface area contributed by atoms with Gasteiger partial charge in [-0.05, 0) is 12.1 Å². The highest BCUT2D eigenvalue weighted by molar-refractivity contribution is 5.07.